The molecule has 0 aromatic heterocycles. The van der Waals surface area contributed by atoms with Crippen LogP contribution in [0.5, 0.6) is 0 Å². The van der Waals surface area contributed by atoms with Crippen LogP contribution in [0.1, 0.15) is 16.8 Å². The molecule has 3 nitrogen and oxygen atoms in total. The van der Waals surface area contributed by atoms with Crippen LogP contribution in [-0.4, -0.2) is 44.4 Å². The van der Waals surface area contributed by atoms with Crippen LogP contribution in [0, 0.1) is 0 Å². The first-order valence-corrected chi connectivity index (χ1v) is 6.61. The Bertz CT molecular complexity index is 410. The van der Waals surface area contributed by atoms with E-state index in [0.29, 0.717) is 22.2 Å². The summed E-state index contributed by atoms with van der Waals surface area (Å²) < 4.78 is 0. The van der Waals surface area contributed by atoms with Gasteiger partial charge in [-0.25, -0.2) is 0 Å². The van der Waals surface area contributed by atoms with Crippen LogP contribution >= 0.6 is 23.2 Å². The lowest BCUT2D eigenvalue weighted by Gasteiger charge is -2.15. The first-order chi connectivity index (χ1) is 8.54. The Balaban J connectivity index is 2.54. The second kappa shape index (κ2) is 7.74. The molecule has 0 aliphatic carbocycles. The van der Waals surface area contributed by atoms with E-state index in [4.69, 9.17) is 23.2 Å². The predicted octanol–water partition coefficient (Wildman–Crippen LogP) is 2.72. The van der Waals surface area contributed by atoms with E-state index >= 15 is 0 Å². The van der Waals surface area contributed by atoms with E-state index in [1.807, 2.05) is 19.0 Å². The van der Waals surface area contributed by atoms with Crippen molar-refractivity contribution in [2.24, 2.45) is 0 Å². The molecule has 100 valence electrons. The molecular weight excluding hydrogens is 271 g/mol. The third kappa shape index (κ3) is 4.94. The number of nitrogens with zero attached hydrogens (tertiary/aromatic N) is 1. The highest BCUT2D eigenvalue weighted by molar-refractivity contribution is 6.36. The fourth-order valence-corrected chi connectivity index (χ4v) is 2.16. The summed E-state index contributed by atoms with van der Waals surface area (Å²) in [5.74, 6) is 0.0172. The molecule has 0 amide bonds. The number of carbonyl (C=O) groups excluding carboxylic acids is 1. The lowest BCUT2D eigenvalue weighted by Crippen LogP contribution is -2.28. The average Bonchev–Trinajstić information content (AvgIpc) is 2.28. The summed E-state index contributed by atoms with van der Waals surface area (Å²) in [7, 11) is 3.84. The Morgan fingerprint density at radius 1 is 1.39 bits per heavy atom. The van der Waals surface area contributed by atoms with Gasteiger partial charge in [-0.05, 0) is 51.8 Å². The molecule has 1 N–H and O–H groups in total. The van der Waals surface area contributed by atoms with Gasteiger partial charge in [-0.3, -0.25) is 9.69 Å². The van der Waals surface area contributed by atoms with Gasteiger partial charge < -0.3 is 5.32 Å². The molecule has 0 spiro atoms. The van der Waals surface area contributed by atoms with Crippen molar-refractivity contribution >= 4 is 29.0 Å². The van der Waals surface area contributed by atoms with Gasteiger partial charge >= 0.3 is 0 Å². The maximum atomic E-state index is 12.0. The molecule has 5 heteroatoms. The molecule has 0 saturated heterocycles. The number of rotatable bonds is 7. The van der Waals surface area contributed by atoms with Gasteiger partial charge in [-0.2, -0.15) is 0 Å². The molecule has 0 fully saturated rings. The topological polar surface area (TPSA) is 32.3 Å². The van der Waals surface area contributed by atoms with Crippen LogP contribution < -0.4 is 5.32 Å². The van der Waals surface area contributed by atoms with Gasteiger partial charge in [0.1, 0.15) is 0 Å². The summed E-state index contributed by atoms with van der Waals surface area (Å²) in [5.41, 5.74) is 0.529. The summed E-state index contributed by atoms with van der Waals surface area (Å²) in [6.45, 7) is 2.18. The van der Waals surface area contributed by atoms with Crippen molar-refractivity contribution in [2.45, 2.75) is 6.42 Å². The summed E-state index contributed by atoms with van der Waals surface area (Å²) in [5, 5.41) is 4.03. The van der Waals surface area contributed by atoms with Crippen LogP contribution in [0.25, 0.3) is 0 Å². The average molecular weight is 289 g/mol. The Morgan fingerprint density at radius 2 is 2.11 bits per heavy atom. The fourth-order valence-electron chi connectivity index (χ4n) is 1.65. The number of halogens is 2. The van der Waals surface area contributed by atoms with E-state index in [-0.39, 0.29) is 5.78 Å². The minimum absolute atomic E-state index is 0.0172. The molecule has 0 bridgehead atoms. The number of benzene rings is 1. The predicted molar refractivity (Wildman–Crippen MR) is 76.8 cm³/mol. The molecule has 1 aromatic rings. The maximum Gasteiger partial charge on any atom is 0.178 e. The number of carbonyl (C=O) groups is 1. The van der Waals surface area contributed by atoms with Crippen molar-refractivity contribution in [2.75, 3.05) is 33.7 Å². The van der Waals surface area contributed by atoms with Gasteiger partial charge in [0.25, 0.3) is 0 Å². The third-order valence-electron chi connectivity index (χ3n) is 2.61. The normalized spacial score (nSPS) is 10.9. The highest BCUT2D eigenvalue weighted by Crippen LogP contribution is 2.21. The van der Waals surface area contributed by atoms with Crippen LogP contribution in [0.3, 0.4) is 0 Å². The van der Waals surface area contributed by atoms with Gasteiger partial charge in [0.15, 0.2) is 5.78 Å². The van der Waals surface area contributed by atoms with E-state index in [1.165, 1.54) is 0 Å². The molecule has 0 heterocycles. The zero-order valence-electron chi connectivity index (χ0n) is 10.7. The minimum Gasteiger partial charge on any atom is -0.320 e. The number of ketones is 1. The van der Waals surface area contributed by atoms with Crippen molar-refractivity contribution in [3.05, 3.63) is 33.8 Å². The Hall–Kier alpha value is -0.610. The summed E-state index contributed by atoms with van der Waals surface area (Å²) in [4.78, 5) is 14.0. The van der Waals surface area contributed by atoms with Gasteiger partial charge in [0.05, 0.1) is 11.6 Å². The molecule has 1 aromatic carbocycles. The number of nitrogens with one attached hydrogen (secondary N) is 1. The molecule has 0 aliphatic heterocycles. The van der Waals surface area contributed by atoms with Crippen molar-refractivity contribution in [1.29, 1.82) is 0 Å². The fraction of sp³-hybridized carbons (Fsp3) is 0.462. The largest absolute Gasteiger partial charge is 0.320 e. The molecule has 0 atom stereocenters. The highest BCUT2D eigenvalue weighted by atomic mass is 35.5. The second-order valence-electron chi connectivity index (χ2n) is 4.24. The maximum absolute atomic E-state index is 12.0. The Kier molecular flexibility index (Phi) is 6.65. The molecule has 1 rings (SSSR count). The molecule has 0 saturated carbocycles. The molecule has 18 heavy (non-hydrogen) atoms. The van der Waals surface area contributed by atoms with Crippen LogP contribution in [0.4, 0.5) is 0 Å². The van der Waals surface area contributed by atoms with Crippen LogP contribution in [0.15, 0.2) is 18.2 Å². The monoisotopic (exact) mass is 288 g/mol. The zero-order chi connectivity index (χ0) is 13.5. The van der Waals surface area contributed by atoms with Crippen molar-refractivity contribution in [3.63, 3.8) is 0 Å². The molecule has 0 aliphatic rings. The Labute approximate surface area is 118 Å². The molecule has 0 radical (unpaired) electrons. The SMILES string of the molecule is CNCCCN(C)CC(=O)c1ccc(Cl)cc1Cl. The number of hydrogen-bond donors (Lipinski definition) is 1. The van der Waals surface area contributed by atoms with Crippen molar-refractivity contribution in [1.82, 2.24) is 10.2 Å². The minimum atomic E-state index is 0.0172. The van der Waals surface area contributed by atoms with E-state index in [2.05, 4.69) is 5.32 Å². The molecule has 0 unspecified atom stereocenters. The van der Waals surface area contributed by atoms with Gasteiger partial charge in [-0.15, -0.1) is 0 Å². The highest BCUT2D eigenvalue weighted by Gasteiger charge is 2.12. The van der Waals surface area contributed by atoms with Gasteiger partial charge in [-0.1, -0.05) is 23.2 Å². The standard InChI is InChI=1S/C13H18Cl2N2O/c1-16-6-3-7-17(2)9-13(18)11-5-4-10(14)8-12(11)15/h4-5,8,16H,3,6-7,9H2,1-2H3. The summed E-state index contributed by atoms with van der Waals surface area (Å²) >= 11 is 11.8. The quantitative estimate of drug-likeness (QED) is 0.619. The summed E-state index contributed by atoms with van der Waals surface area (Å²) in [6, 6.07) is 4.95. The van der Waals surface area contributed by atoms with E-state index in [0.717, 1.165) is 19.5 Å². The van der Waals surface area contributed by atoms with E-state index in [1.54, 1.807) is 18.2 Å². The second-order valence-corrected chi connectivity index (χ2v) is 5.09. The van der Waals surface area contributed by atoms with Crippen LogP contribution in [-0.2, 0) is 0 Å². The van der Waals surface area contributed by atoms with Crippen molar-refractivity contribution < 1.29 is 4.79 Å². The number of Topliss-reactive ketones (excluding diaryl/α,β-unsaturated/α-hetero) is 1. The third-order valence-corrected chi connectivity index (χ3v) is 3.16. The first kappa shape index (κ1) is 15.4. The van der Waals surface area contributed by atoms with E-state index in [9.17, 15) is 4.79 Å². The first-order valence-electron chi connectivity index (χ1n) is 5.86. The van der Waals surface area contributed by atoms with Crippen molar-refractivity contribution in [3.8, 4) is 0 Å². The lowest BCUT2D eigenvalue weighted by molar-refractivity contribution is 0.0946. The summed E-state index contributed by atoms with van der Waals surface area (Å²) in [6.07, 6.45) is 1.01. The van der Waals surface area contributed by atoms with E-state index < -0.39 is 0 Å². The lowest BCUT2D eigenvalue weighted by atomic mass is 10.1. The van der Waals surface area contributed by atoms with Gasteiger partial charge in [0, 0.05) is 10.6 Å². The zero-order valence-corrected chi connectivity index (χ0v) is 12.2. The van der Waals surface area contributed by atoms with Crippen LogP contribution in [0.2, 0.25) is 10.0 Å². The number of hydrogen-bond acceptors (Lipinski definition) is 3. The smallest absolute Gasteiger partial charge is 0.178 e. The number of likely N-dealkylation sites (N-methyl/N-ethyl adjacent to an activating group) is 1. The van der Waals surface area contributed by atoms with Gasteiger partial charge in [0.2, 0.25) is 0 Å². The molecular formula is C13H18Cl2N2O. The Morgan fingerprint density at radius 3 is 2.72 bits per heavy atom.